The van der Waals surface area contributed by atoms with Gasteiger partial charge in [-0.3, -0.25) is 0 Å². The van der Waals surface area contributed by atoms with Crippen LogP contribution < -0.4 is 10.6 Å². The quantitative estimate of drug-likeness (QED) is 0.776. The molecular weight excluding hydrogens is 300 g/mol. The third-order valence-corrected chi connectivity index (χ3v) is 3.16. The number of hydrogen-bond donors (Lipinski definition) is 3. The first-order valence-electron chi connectivity index (χ1n) is 7.37. The van der Waals surface area contributed by atoms with Gasteiger partial charge in [0.1, 0.15) is 17.9 Å². The maximum atomic E-state index is 11.9. The Morgan fingerprint density at radius 3 is 2.74 bits per heavy atom. The highest BCUT2D eigenvalue weighted by molar-refractivity contribution is 5.74. The molecule has 8 heteroatoms. The molecule has 0 aliphatic carbocycles. The van der Waals surface area contributed by atoms with E-state index in [9.17, 15) is 9.90 Å². The summed E-state index contributed by atoms with van der Waals surface area (Å²) in [6, 6.07) is 2.42. The van der Waals surface area contributed by atoms with Crippen LogP contribution in [-0.4, -0.2) is 27.8 Å². The standard InChI is InChI=1S/C15H22N4O4/c1-9(12-18-13(19-23-12)15(2,3)4)17-14(21)16-8-10(20)11-6-5-7-22-11/h5-7,9-10,20H,8H2,1-4H3,(H2,16,17,21). The molecule has 0 saturated carbocycles. The van der Waals surface area contributed by atoms with Crippen molar-refractivity contribution in [2.75, 3.05) is 6.54 Å². The number of nitrogens with zero attached hydrogens (tertiary/aromatic N) is 2. The Morgan fingerprint density at radius 2 is 2.17 bits per heavy atom. The van der Waals surface area contributed by atoms with Gasteiger partial charge in [0.15, 0.2) is 5.82 Å². The molecule has 0 bridgehead atoms. The Hall–Kier alpha value is -2.35. The fraction of sp³-hybridized carbons (Fsp3) is 0.533. The Morgan fingerprint density at radius 1 is 1.43 bits per heavy atom. The average molecular weight is 322 g/mol. The summed E-state index contributed by atoms with van der Waals surface area (Å²) >= 11 is 0. The predicted octanol–water partition coefficient (Wildman–Crippen LogP) is 2.05. The molecular formula is C15H22N4O4. The van der Waals surface area contributed by atoms with Gasteiger partial charge in [0.25, 0.3) is 0 Å². The van der Waals surface area contributed by atoms with E-state index in [4.69, 9.17) is 8.94 Å². The van der Waals surface area contributed by atoms with Crippen molar-refractivity contribution >= 4 is 6.03 Å². The maximum Gasteiger partial charge on any atom is 0.315 e. The highest BCUT2D eigenvalue weighted by atomic mass is 16.5. The van der Waals surface area contributed by atoms with Gasteiger partial charge < -0.3 is 24.7 Å². The van der Waals surface area contributed by atoms with Gasteiger partial charge in [-0.15, -0.1) is 0 Å². The Labute approximate surface area is 134 Å². The van der Waals surface area contributed by atoms with Crippen LogP contribution in [0.3, 0.4) is 0 Å². The van der Waals surface area contributed by atoms with Gasteiger partial charge in [-0.2, -0.15) is 4.98 Å². The number of rotatable bonds is 5. The zero-order chi connectivity index (χ0) is 17.0. The second kappa shape index (κ2) is 6.82. The Kier molecular flexibility index (Phi) is 5.05. The molecule has 23 heavy (non-hydrogen) atoms. The molecule has 0 saturated heterocycles. The number of hydrogen-bond acceptors (Lipinski definition) is 6. The molecule has 0 aliphatic heterocycles. The summed E-state index contributed by atoms with van der Waals surface area (Å²) in [5, 5.41) is 19.0. The van der Waals surface area contributed by atoms with Crippen LogP contribution in [0.4, 0.5) is 4.79 Å². The number of amides is 2. The van der Waals surface area contributed by atoms with Gasteiger partial charge in [-0.25, -0.2) is 4.79 Å². The Balaban J connectivity index is 1.84. The van der Waals surface area contributed by atoms with E-state index in [2.05, 4.69) is 20.8 Å². The van der Waals surface area contributed by atoms with E-state index in [1.54, 1.807) is 19.1 Å². The number of nitrogens with one attached hydrogen (secondary N) is 2. The van der Waals surface area contributed by atoms with Crippen LogP contribution in [0.25, 0.3) is 0 Å². The molecule has 2 heterocycles. The van der Waals surface area contributed by atoms with Crippen molar-refractivity contribution in [2.45, 2.75) is 45.3 Å². The van der Waals surface area contributed by atoms with Gasteiger partial charge in [-0.1, -0.05) is 25.9 Å². The molecule has 2 amide bonds. The molecule has 0 aromatic carbocycles. The molecule has 0 radical (unpaired) electrons. The van der Waals surface area contributed by atoms with Crippen LogP contribution in [0.5, 0.6) is 0 Å². The van der Waals surface area contributed by atoms with Crippen LogP contribution >= 0.6 is 0 Å². The van der Waals surface area contributed by atoms with Gasteiger partial charge in [0.2, 0.25) is 5.89 Å². The van der Waals surface area contributed by atoms with Gasteiger partial charge >= 0.3 is 6.03 Å². The molecule has 2 rings (SSSR count). The lowest BCUT2D eigenvalue weighted by Crippen LogP contribution is -2.39. The summed E-state index contributed by atoms with van der Waals surface area (Å²) in [4.78, 5) is 16.1. The lowest BCUT2D eigenvalue weighted by molar-refractivity contribution is 0.147. The summed E-state index contributed by atoms with van der Waals surface area (Å²) in [6.45, 7) is 7.69. The van der Waals surface area contributed by atoms with Gasteiger partial charge in [0, 0.05) is 5.41 Å². The summed E-state index contributed by atoms with van der Waals surface area (Å²) in [6.07, 6.45) is 0.560. The first-order valence-corrected chi connectivity index (χ1v) is 7.37. The van der Waals surface area contributed by atoms with E-state index in [-0.39, 0.29) is 12.0 Å². The smallest absolute Gasteiger partial charge is 0.315 e. The number of furan rings is 1. The van der Waals surface area contributed by atoms with Crippen molar-refractivity contribution in [2.24, 2.45) is 0 Å². The monoisotopic (exact) mass is 322 g/mol. The zero-order valence-electron chi connectivity index (χ0n) is 13.7. The second-order valence-electron chi connectivity index (χ2n) is 6.31. The molecule has 2 aromatic heterocycles. The minimum absolute atomic E-state index is 0.0309. The van der Waals surface area contributed by atoms with Gasteiger partial charge in [0.05, 0.1) is 12.8 Å². The number of carbonyl (C=O) groups is 1. The molecule has 2 atom stereocenters. The summed E-state index contributed by atoms with van der Waals surface area (Å²) in [5.74, 6) is 1.30. The molecule has 0 aliphatic rings. The van der Waals surface area contributed by atoms with E-state index in [1.165, 1.54) is 6.26 Å². The van der Waals surface area contributed by atoms with E-state index < -0.39 is 18.2 Å². The number of aromatic nitrogens is 2. The van der Waals surface area contributed by atoms with Crippen molar-refractivity contribution in [1.29, 1.82) is 0 Å². The van der Waals surface area contributed by atoms with Crippen LogP contribution in [0.2, 0.25) is 0 Å². The average Bonchev–Trinajstić information content (AvgIpc) is 3.14. The van der Waals surface area contributed by atoms with Gasteiger partial charge in [-0.05, 0) is 19.1 Å². The highest BCUT2D eigenvalue weighted by Crippen LogP contribution is 2.20. The summed E-state index contributed by atoms with van der Waals surface area (Å²) < 4.78 is 10.2. The Bertz CT molecular complexity index is 630. The van der Waals surface area contributed by atoms with Crippen molar-refractivity contribution < 1.29 is 18.8 Å². The number of urea groups is 1. The van der Waals surface area contributed by atoms with Crippen molar-refractivity contribution in [3.05, 3.63) is 35.9 Å². The predicted molar refractivity (Wildman–Crippen MR) is 81.6 cm³/mol. The first kappa shape index (κ1) is 17.0. The normalized spacial score (nSPS) is 14.3. The zero-order valence-corrected chi connectivity index (χ0v) is 13.7. The summed E-state index contributed by atoms with van der Waals surface area (Å²) in [7, 11) is 0. The third-order valence-electron chi connectivity index (χ3n) is 3.16. The second-order valence-corrected chi connectivity index (χ2v) is 6.31. The van der Waals surface area contributed by atoms with Crippen LogP contribution in [0.15, 0.2) is 27.3 Å². The number of aliphatic hydroxyl groups is 1. The first-order chi connectivity index (χ1) is 10.8. The maximum absolute atomic E-state index is 11.9. The lowest BCUT2D eigenvalue weighted by atomic mass is 9.96. The van der Waals surface area contributed by atoms with Crippen LogP contribution in [0.1, 0.15) is 57.3 Å². The summed E-state index contributed by atoms with van der Waals surface area (Å²) in [5.41, 5.74) is -0.225. The molecule has 3 N–H and O–H groups in total. The van der Waals surface area contributed by atoms with Crippen LogP contribution in [0, 0.1) is 0 Å². The van der Waals surface area contributed by atoms with Crippen molar-refractivity contribution in [3.63, 3.8) is 0 Å². The molecule has 2 unspecified atom stereocenters. The fourth-order valence-electron chi connectivity index (χ4n) is 1.80. The largest absolute Gasteiger partial charge is 0.467 e. The molecule has 8 nitrogen and oxygen atoms in total. The van der Waals surface area contributed by atoms with Crippen molar-refractivity contribution in [1.82, 2.24) is 20.8 Å². The van der Waals surface area contributed by atoms with Crippen LogP contribution in [-0.2, 0) is 5.41 Å². The highest BCUT2D eigenvalue weighted by Gasteiger charge is 2.24. The minimum atomic E-state index is -0.901. The third kappa shape index (κ3) is 4.56. The lowest BCUT2D eigenvalue weighted by Gasteiger charge is -2.13. The van der Waals surface area contributed by atoms with Crippen molar-refractivity contribution in [3.8, 4) is 0 Å². The molecule has 0 fully saturated rings. The van der Waals surface area contributed by atoms with E-state index >= 15 is 0 Å². The molecule has 0 spiro atoms. The minimum Gasteiger partial charge on any atom is -0.467 e. The molecule has 126 valence electrons. The molecule has 2 aromatic rings. The fourth-order valence-corrected chi connectivity index (χ4v) is 1.80. The number of carbonyl (C=O) groups excluding carboxylic acids is 1. The number of aliphatic hydroxyl groups excluding tert-OH is 1. The van der Waals surface area contributed by atoms with E-state index in [0.717, 1.165) is 0 Å². The van der Waals surface area contributed by atoms with E-state index in [1.807, 2.05) is 20.8 Å². The SMILES string of the molecule is CC(NC(=O)NCC(O)c1ccco1)c1nc(C(C)(C)C)no1. The van der Waals surface area contributed by atoms with E-state index in [0.29, 0.717) is 17.5 Å². The topological polar surface area (TPSA) is 113 Å².